The molecule has 0 aliphatic carbocycles. The van der Waals surface area contributed by atoms with Gasteiger partial charge in [-0.15, -0.1) is 10.2 Å². The van der Waals surface area contributed by atoms with Crippen molar-refractivity contribution >= 4 is 45.7 Å². The quantitative estimate of drug-likeness (QED) is 0.699. The highest BCUT2D eigenvalue weighted by Crippen LogP contribution is 2.35. The minimum Gasteiger partial charge on any atom is -0.248 e. The van der Waals surface area contributed by atoms with Crippen LogP contribution in [0.25, 0.3) is 10.8 Å². The summed E-state index contributed by atoms with van der Waals surface area (Å²) in [6.45, 7) is 0. The zero-order chi connectivity index (χ0) is 13.2. The van der Waals surface area contributed by atoms with Gasteiger partial charge in [0.25, 0.3) is 0 Å². The van der Waals surface area contributed by atoms with Crippen molar-refractivity contribution in [2.45, 2.75) is 10.1 Å². The summed E-state index contributed by atoms with van der Waals surface area (Å²) in [4.78, 5) is 4.23. The number of aromatic nitrogens is 3. The Hall–Kier alpha value is -1.36. The second kappa shape index (κ2) is 5.33. The summed E-state index contributed by atoms with van der Waals surface area (Å²) < 4.78 is 0. The summed E-state index contributed by atoms with van der Waals surface area (Å²) in [5.41, 5.74) is 0. The van der Waals surface area contributed by atoms with Gasteiger partial charge in [-0.1, -0.05) is 47.5 Å². The van der Waals surface area contributed by atoms with Gasteiger partial charge in [-0.25, -0.2) is 4.98 Å². The smallest absolute Gasteiger partial charge is 0.159 e. The van der Waals surface area contributed by atoms with Gasteiger partial charge in [-0.05, 0) is 23.9 Å². The lowest BCUT2D eigenvalue weighted by Gasteiger charge is -2.05. The van der Waals surface area contributed by atoms with Crippen LogP contribution in [-0.2, 0) is 0 Å². The third-order valence-corrected chi connectivity index (χ3v) is 4.24. The summed E-state index contributed by atoms with van der Waals surface area (Å²) >= 11 is 13.5. The van der Waals surface area contributed by atoms with Crippen LogP contribution in [0.2, 0.25) is 10.2 Å². The third kappa shape index (κ3) is 2.52. The zero-order valence-corrected chi connectivity index (χ0v) is 11.9. The Balaban J connectivity index is 2.12. The standard InChI is InChI=1S/C13H7Cl2N3S/c14-10-6-3-7-16-13(10)19-12-9-5-2-1-4-8(9)11(15)17-18-12/h1-7H. The minimum absolute atomic E-state index is 0.395. The number of hydrogen-bond donors (Lipinski definition) is 0. The van der Waals surface area contributed by atoms with E-state index in [9.17, 15) is 0 Å². The molecule has 2 heterocycles. The van der Waals surface area contributed by atoms with Gasteiger partial charge in [0.05, 0.1) is 5.02 Å². The second-order valence-corrected chi connectivity index (χ2v) is 5.48. The van der Waals surface area contributed by atoms with Crippen molar-refractivity contribution in [3.8, 4) is 0 Å². The summed E-state index contributed by atoms with van der Waals surface area (Å²) in [5.74, 6) is 0. The van der Waals surface area contributed by atoms with E-state index in [-0.39, 0.29) is 0 Å². The summed E-state index contributed by atoms with van der Waals surface area (Å²) in [7, 11) is 0. The van der Waals surface area contributed by atoms with E-state index >= 15 is 0 Å². The van der Waals surface area contributed by atoms with E-state index in [4.69, 9.17) is 23.2 Å². The lowest BCUT2D eigenvalue weighted by molar-refractivity contribution is 0.953. The summed E-state index contributed by atoms with van der Waals surface area (Å²) in [6.07, 6.45) is 1.69. The third-order valence-electron chi connectivity index (χ3n) is 2.53. The lowest BCUT2D eigenvalue weighted by Crippen LogP contribution is -1.90. The van der Waals surface area contributed by atoms with Crippen molar-refractivity contribution in [1.29, 1.82) is 0 Å². The van der Waals surface area contributed by atoms with E-state index in [1.54, 1.807) is 18.3 Å². The van der Waals surface area contributed by atoms with E-state index in [1.165, 1.54) is 11.8 Å². The molecule has 0 bridgehead atoms. The average molecular weight is 308 g/mol. The number of benzene rings is 1. The maximum Gasteiger partial charge on any atom is 0.159 e. The Morgan fingerprint density at radius 2 is 1.63 bits per heavy atom. The number of fused-ring (bicyclic) bond motifs is 1. The molecule has 0 aliphatic rings. The molecule has 94 valence electrons. The number of rotatable bonds is 2. The van der Waals surface area contributed by atoms with Crippen LogP contribution >= 0.6 is 35.0 Å². The van der Waals surface area contributed by atoms with Crippen molar-refractivity contribution in [1.82, 2.24) is 15.2 Å². The summed E-state index contributed by atoms with van der Waals surface area (Å²) in [6, 6.07) is 11.3. The fraction of sp³-hybridized carbons (Fsp3) is 0. The average Bonchev–Trinajstić information content (AvgIpc) is 2.44. The molecule has 0 unspecified atom stereocenters. The van der Waals surface area contributed by atoms with E-state index in [0.29, 0.717) is 15.2 Å². The number of hydrogen-bond acceptors (Lipinski definition) is 4. The Kier molecular flexibility index (Phi) is 3.55. The first-order chi connectivity index (χ1) is 9.25. The molecule has 1 aromatic carbocycles. The molecule has 0 spiro atoms. The van der Waals surface area contributed by atoms with Gasteiger partial charge in [-0.2, -0.15) is 0 Å². The molecule has 0 aliphatic heterocycles. The largest absolute Gasteiger partial charge is 0.248 e. The van der Waals surface area contributed by atoms with E-state index in [1.807, 2.05) is 24.3 Å². The van der Waals surface area contributed by atoms with Gasteiger partial charge in [-0.3, -0.25) is 0 Å². The van der Waals surface area contributed by atoms with Gasteiger partial charge >= 0.3 is 0 Å². The van der Waals surface area contributed by atoms with Crippen molar-refractivity contribution in [3.63, 3.8) is 0 Å². The molecule has 0 radical (unpaired) electrons. The molecule has 0 amide bonds. The fourth-order valence-electron chi connectivity index (χ4n) is 1.66. The first-order valence-corrected chi connectivity index (χ1v) is 7.02. The number of nitrogens with zero attached hydrogens (tertiary/aromatic N) is 3. The number of halogens is 2. The molecule has 0 atom stereocenters. The molecule has 19 heavy (non-hydrogen) atoms. The molecule has 6 heteroatoms. The molecule has 0 saturated carbocycles. The fourth-order valence-corrected chi connectivity index (χ4v) is 2.93. The highest BCUT2D eigenvalue weighted by molar-refractivity contribution is 7.99. The van der Waals surface area contributed by atoms with Crippen LogP contribution in [0.1, 0.15) is 0 Å². The zero-order valence-electron chi connectivity index (χ0n) is 9.55. The highest BCUT2D eigenvalue weighted by Gasteiger charge is 2.11. The van der Waals surface area contributed by atoms with Crippen molar-refractivity contribution in [2.75, 3.05) is 0 Å². The maximum atomic E-state index is 6.10. The van der Waals surface area contributed by atoms with Gasteiger partial charge in [0.15, 0.2) is 5.15 Å². The van der Waals surface area contributed by atoms with Crippen LogP contribution in [0.15, 0.2) is 52.6 Å². The van der Waals surface area contributed by atoms with Gasteiger partial charge in [0.2, 0.25) is 0 Å². The highest BCUT2D eigenvalue weighted by atomic mass is 35.5. The monoisotopic (exact) mass is 307 g/mol. The van der Waals surface area contributed by atoms with Crippen LogP contribution in [0.4, 0.5) is 0 Å². The van der Waals surface area contributed by atoms with Crippen LogP contribution in [-0.4, -0.2) is 15.2 Å². The predicted molar refractivity (Wildman–Crippen MR) is 77.9 cm³/mol. The van der Waals surface area contributed by atoms with E-state index in [2.05, 4.69) is 15.2 Å². The molecule has 3 rings (SSSR count). The first-order valence-electron chi connectivity index (χ1n) is 5.45. The van der Waals surface area contributed by atoms with Crippen LogP contribution < -0.4 is 0 Å². The molecule has 0 saturated heterocycles. The second-order valence-electron chi connectivity index (χ2n) is 3.73. The molecule has 3 nitrogen and oxygen atoms in total. The lowest BCUT2D eigenvalue weighted by atomic mass is 10.2. The van der Waals surface area contributed by atoms with Crippen molar-refractivity contribution in [3.05, 3.63) is 52.8 Å². The van der Waals surface area contributed by atoms with Crippen LogP contribution in [0, 0.1) is 0 Å². The van der Waals surface area contributed by atoms with Crippen molar-refractivity contribution in [2.24, 2.45) is 0 Å². The van der Waals surface area contributed by atoms with Crippen LogP contribution in [0.3, 0.4) is 0 Å². The Labute approximate surface area is 124 Å². The molecular weight excluding hydrogens is 301 g/mol. The molecule has 0 fully saturated rings. The maximum absolute atomic E-state index is 6.10. The van der Waals surface area contributed by atoms with E-state index in [0.717, 1.165) is 15.8 Å². The van der Waals surface area contributed by atoms with E-state index < -0.39 is 0 Å². The normalized spacial score (nSPS) is 10.8. The van der Waals surface area contributed by atoms with Crippen molar-refractivity contribution < 1.29 is 0 Å². The Morgan fingerprint density at radius 1 is 0.842 bits per heavy atom. The Bertz CT molecular complexity index is 749. The SMILES string of the molecule is Clc1cccnc1Sc1nnc(Cl)c2ccccc12. The van der Waals surface area contributed by atoms with Gasteiger partial charge < -0.3 is 0 Å². The molecule has 2 aromatic heterocycles. The predicted octanol–water partition coefficient (Wildman–Crippen LogP) is 4.48. The molecule has 3 aromatic rings. The number of pyridine rings is 1. The molecule has 0 N–H and O–H groups in total. The van der Waals surface area contributed by atoms with Gasteiger partial charge in [0.1, 0.15) is 10.1 Å². The minimum atomic E-state index is 0.395. The topological polar surface area (TPSA) is 38.7 Å². The summed E-state index contributed by atoms with van der Waals surface area (Å²) in [5, 5.41) is 12.3. The Morgan fingerprint density at radius 3 is 2.42 bits per heavy atom. The molecular formula is C13H7Cl2N3S. The van der Waals surface area contributed by atoms with Gasteiger partial charge in [0, 0.05) is 17.0 Å². The van der Waals surface area contributed by atoms with Crippen LogP contribution in [0.5, 0.6) is 0 Å². The first kappa shape index (κ1) is 12.7.